The summed E-state index contributed by atoms with van der Waals surface area (Å²) in [5, 5.41) is 12.0. The third-order valence-corrected chi connectivity index (χ3v) is 4.38. The van der Waals surface area contributed by atoms with Gasteiger partial charge in [-0.2, -0.15) is 5.26 Å². The highest BCUT2D eigenvalue weighted by Gasteiger charge is 2.19. The van der Waals surface area contributed by atoms with Gasteiger partial charge in [0.2, 0.25) is 0 Å². The summed E-state index contributed by atoms with van der Waals surface area (Å²) in [5.74, 6) is 0.943. The second kappa shape index (κ2) is 5.47. The van der Waals surface area contributed by atoms with Crippen LogP contribution in [0.15, 0.2) is 23.7 Å². The minimum absolute atomic E-state index is 0.602. The normalized spacial score (nSPS) is 15.2. The van der Waals surface area contributed by atoms with E-state index in [0.717, 1.165) is 42.8 Å². The lowest BCUT2D eigenvalue weighted by atomic mass is 10.3. The molecule has 6 heteroatoms. The average molecular weight is 285 g/mol. The molecular formula is C14H15N5S. The quantitative estimate of drug-likeness (QED) is 0.845. The van der Waals surface area contributed by atoms with Crippen molar-refractivity contribution in [1.29, 1.82) is 5.26 Å². The number of aromatic nitrogens is 2. The van der Waals surface area contributed by atoms with Gasteiger partial charge < -0.3 is 9.80 Å². The van der Waals surface area contributed by atoms with Crippen LogP contribution in [0.4, 0.5) is 10.9 Å². The predicted molar refractivity (Wildman–Crippen MR) is 80.2 cm³/mol. The van der Waals surface area contributed by atoms with Gasteiger partial charge in [0.1, 0.15) is 11.9 Å². The van der Waals surface area contributed by atoms with Crippen LogP contribution >= 0.6 is 11.3 Å². The van der Waals surface area contributed by atoms with Gasteiger partial charge in [-0.3, -0.25) is 0 Å². The number of nitrogens with zero attached hydrogens (tertiary/aromatic N) is 5. The van der Waals surface area contributed by atoms with Crippen molar-refractivity contribution in [1.82, 2.24) is 9.97 Å². The first-order chi connectivity index (χ1) is 9.76. The number of rotatable bonds is 2. The van der Waals surface area contributed by atoms with Crippen LogP contribution in [-0.2, 0) is 0 Å². The Morgan fingerprint density at radius 2 is 1.95 bits per heavy atom. The fraction of sp³-hybridized carbons (Fsp3) is 0.357. The third-order valence-electron chi connectivity index (χ3n) is 3.36. The molecule has 0 atom stereocenters. The molecule has 5 nitrogen and oxygen atoms in total. The summed E-state index contributed by atoms with van der Waals surface area (Å²) >= 11 is 1.70. The van der Waals surface area contributed by atoms with Gasteiger partial charge in [0.25, 0.3) is 0 Å². The number of hydrogen-bond donors (Lipinski definition) is 0. The summed E-state index contributed by atoms with van der Waals surface area (Å²) in [4.78, 5) is 13.4. The Bertz CT molecular complexity index is 620. The first-order valence-electron chi connectivity index (χ1n) is 6.54. The monoisotopic (exact) mass is 285 g/mol. The van der Waals surface area contributed by atoms with E-state index in [-0.39, 0.29) is 0 Å². The summed E-state index contributed by atoms with van der Waals surface area (Å²) in [6.45, 7) is 5.79. The molecule has 0 aromatic carbocycles. The lowest BCUT2D eigenvalue weighted by Gasteiger charge is -2.35. The highest BCUT2D eigenvalue weighted by atomic mass is 32.1. The summed E-state index contributed by atoms with van der Waals surface area (Å²) in [6.07, 6.45) is 1.63. The zero-order valence-corrected chi connectivity index (χ0v) is 12.1. The Balaban J connectivity index is 1.64. The molecule has 2 aromatic rings. The Hall–Kier alpha value is -2.13. The maximum atomic E-state index is 8.79. The molecule has 0 spiro atoms. The van der Waals surface area contributed by atoms with Gasteiger partial charge in [0.05, 0.1) is 11.3 Å². The second-order valence-corrected chi connectivity index (χ2v) is 5.60. The fourth-order valence-corrected chi connectivity index (χ4v) is 3.11. The molecule has 1 aliphatic heterocycles. The van der Waals surface area contributed by atoms with Gasteiger partial charge in [-0.15, -0.1) is 11.3 Å². The van der Waals surface area contributed by atoms with Crippen LogP contribution in [-0.4, -0.2) is 36.1 Å². The molecule has 0 saturated carbocycles. The van der Waals surface area contributed by atoms with Gasteiger partial charge >= 0.3 is 0 Å². The van der Waals surface area contributed by atoms with Gasteiger partial charge in [-0.05, 0) is 19.1 Å². The van der Waals surface area contributed by atoms with Gasteiger partial charge in [-0.25, -0.2) is 9.97 Å². The van der Waals surface area contributed by atoms with Crippen molar-refractivity contribution in [3.63, 3.8) is 0 Å². The minimum atomic E-state index is 0.602. The second-order valence-electron chi connectivity index (χ2n) is 4.76. The predicted octanol–water partition coefficient (Wildman–Crippen LogP) is 2.04. The molecule has 102 valence electrons. The maximum Gasteiger partial charge on any atom is 0.185 e. The molecule has 2 aromatic heterocycles. The molecular weight excluding hydrogens is 270 g/mol. The zero-order chi connectivity index (χ0) is 13.9. The number of nitriles is 1. The van der Waals surface area contributed by atoms with Crippen LogP contribution in [0.3, 0.4) is 0 Å². The SMILES string of the molecule is Cc1csc(N2CCN(c3ccc(C#N)cn3)CC2)n1. The van der Waals surface area contributed by atoms with E-state index >= 15 is 0 Å². The molecule has 0 unspecified atom stereocenters. The Morgan fingerprint density at radius 3 is 2.50 bits per heavy atom. The number of thiazole rings is 1. The van der Waals surface area contributed by atoms with E-state index < -0.39 is 0 Å². The molecule has 1 saturated heterocycles. The molecule has 0 aliphatic carbocycles. The third kappa shape index (κ3) is 2.58. The highest BCUT2D eigenvalue weighted by Crippen LogP contribution is 2.22. The fourth-order valence-electron chi connectivity index (χ4n) is 2.25. The smallest absolute Gasteiger partial charge is 0.185 e. The first kappa shape index (κ1) is 12.9. The molecule has 1 fully saturated rings. The Morgan fingerprint density at radius 1 is 1.20 bits per heavy atom. The standard InChI is InChI=1S/C14H15N5S/c1-11-10-20-14(17-11)19-6-4-18(5-7-19)13-3-2-12(8-15)9-16-13/h2-3,9-10H,4-7H2,1H3. The lowest BCUT2D eigenvalue weighted by Crippen LogP contribution is -2.46. The number of piperazine rings is 1. The minimum Gasteiger partial charge on any atom is -0.353 e. The van der Waals surface area contributed by atoms with E-state index in [1.165, 1.54) is 0 Å². The summed E-state index contributed by atoms with van der Waals surface area (Å²) in [6, 6.07) is 5.83. The van der Waals surface area contributed by atoms with Crippen LogP contribution in [0, 0.1) is 18.3 Å². The number of hydrogen-bond acceptors (Lipinski definition) is 6. The first-order valence-corrected chi connectivity index (χ1v) is 7.42. The van der Waals surface area contributed by atoms with Crippen LogP contribution in [0.25, 0.3) is 0 Å². The Kier molecular flexibility index (Phi) is 3.52. The van der Waals surface area contributed by atoms with E-state index in [4.69, 9.17) is 5.26 Å². The lowest BCUT2D eigenvalue weighted by molar-refractivity contribution is 0.645. The molecule has 3 heterocycles. The zero-order valence-electron chi connectivity index (χ0n) is 11.3. The molecule has 3 rings (SSSR count). The number of aryl methyl sites for hydroxylation is 1. The van der Waals surface area contributed by atoms with Crippen molar-refractivity contribution in [2.24, 2.45) is 0 Å². The number of pyridine rings is 1. The molecule has 0 N–H and O–H groups in total. The highest BCUT2D eigenvalue weighted by molar-refractivity contribution is 7.13. The number of anilines is 2. The van der Waals surface area contributed by atoms with E-state index in [9.17, 15) is 0 Å². The molecule has 0 bridgehead atoms. The molecule has 0 amide bonds. The van der Waals surface area contributed by atoms with Crippen molar-refractivity contribution in [3.05, 3.63) is 35.0 Å². The van der Waals surface area contributed by atoms with Gasteiger partial charge in [0, 0.05) is 37.8 Å². The summed E-state index contributed by atoms with van der Waals surface area (Å²) in [7, 11) is 0. The van der Waals surface area contributed by atoms with E-state index in [1.54, 1.807) is 17.5 Å². The van der Waals surface area contributed by atoms with Crippen molar-refractivity contribution < 1.29 is 0 Å². The summed E-state index contributed by atoms with van der Waals surface area (Å²) in [5.41, 5.74) is 1.69. The van der Waals surface area contributed by atoms with Crippen molar-refractivity contribution >= 4 is 22.3 Å². The Labute approximate surface area is 122 Å². The average Bonchev–Trinajstić information content (AvgIpc) is 2.94. The molecule has 1 aliphatic rings. The van der Waals surface area contributed by atoms with E-state index in [2.05, 4.69) is 31.2 Å². The van der Waals surface area contributed by atoms with Crippen LogP contribution in [0.2, 0.25) is 0 Å². The van der Waals surface area contributed by atoms with Crippen LogP contribution in [0.5, 0.6) is 0 Å². The van der Waals surface area contributed by atoms with Gasteiger partial charge in [-0.1, -0.05) is 0 Å². The largest absolute Gasteiger partial charge is 0.353 e. The van der Waals surface area contributed by atoms with Crippen LogP contribution in [0.1, 0.15) is 11.3 Å². The van der Waals surface area contributed by atoms with E-state index in [1.807, 2.05) is 19.1 Å². The van der Waals surface area contributed by atoms with Crippen molar-refractivity contribution in [3.8, 4) is 6.07 Å². The van der Waals surface area contributed by atoms with Gasteiger partial charge in [0.15, 0.2) is 5.13 Å². The van der Waals surface area contributed by atoms with Crippen molar-refractivity contribution in [2.45, 2.75) is 6.92 Å². The van der Waals surface area contributed by atoms with Crippen molar-refractivity contribution in [2.75, 3.05) is 36.0 Å². The van der Waals surface area contributed by atoms with E-state index in [0.29, 0.717) is 5.56 Å². The topological polar surface area (TPSA) is 56.0 Å². The maximum absolute atomic E-state index is 8.79. The summed E-state index contributed by atoms with van der Waals surface area (Å²) < 4.78 is 0. The molecule has 20 heavy (non-hydrogen) atoms. The van der Waals surface area contributed by atoms with Crippen LogP contribution < -0.4 is 9.80 Å². The molecule has 0 radical (unpaired) electrons.